The van der Waals surface area contributed by atoms with Crippen molar-refractivity contribution in [1.29, 1.82) is 0 Å². The van der Waals surface area contributed by atoms with Crippen LogP contribution in [0.2, 0.25) is 0 Å². The van der Waals surface area contributed by atoms with Crippen molar-refractivity contribution < 1.29 is 14.4 Å². The summed E-state index contributed by atoms with van der Waals surface area (Å²) in [6.45, 7) is 4.41. The Labute approximate surface area is 186 Å². The van der Waals surface area contributed by atoms with Crippen LogP contribution in [0, 0.1) is 13.8 Å². The van der Waals surface area contributed by atoms with Crippen molar-refractivity contribution in [3.05, 3.63) is 77.1 Å². The first kappa shape index (κ1) is 21.3. The maximum absolute atomic E-state index is 12.8. The standard InChI is InChI=1S/C24H25N5O3/c1-15-5-10-20(16(2)12-15)23(31)27-18-13-26-29(14-18)19-8-6-17(7-9-19)24(32)28-11-3-4-21(28)22(25)30/h5-10,12-14,21H,3-4,11H2,1-2H3,(H2,25,30)(H,27,31)/t21-/m0/s1. The molecule has 4 rings (SSSR count). The van der Waals surface area contributed by atoms with Gasteiger partial charge in [-0.05, 0) is 62.6 Å². The number of hydrogen-bond donors (Lipinski definition) is 2. The second-order valence-corrected chi connectivity index (χ2v) is 8.05. The largest absolute Gasteiger partial charge is 0.368 e. The highest BCUT2D eigenvalue weighted by molar-refractivity contribution is 6.05. The van der Waals surface area contributed by atoms with Crippen LogP contribution in [0.25, 0.3) is 5.69 Å². The van der Waals surface area contributed by atoms with Gasteiger partial charge in [-0.3, -0.25) is 14.4 Å². The lowest BCUT2D eigenvalue weighted by Crippen LogP contribution is -2.43. The Bertz CT molecular complexity index is 1180. The van der Waals surface area contributed by atoms with Crippen LogP contribution in [0.15, 0.2) is 54.9 Å². The maximum Gasteiger partial charge on any atom is 0.256 e. The van der Waals surface area contributed by atoms with Crippen LogP contribution in [-0.4, -0.2) is 45.0 Å². The molecule has 1 aliphatic heterocycles. The molecule has 0 bridgehead atoms. The molecule has 8 heteroatoms. The van der Waals surface area contributed by atoms with E-state index in [0.29, 0.717) is 29.8 Å². The number of anilines is 1. The van der Waals surface area contributed by atoms with Gasteiger partial charge in [0.25, 0.3) is 11.8 Å². The van der Waals surface area contributed by atoms with Crippen LogP contribution in [0.3, 0.4) is 0 Å². The van der Waals surface area contributed by atoms with E-state index in [4.69, 9.17) is 5.73 Å². The molecular weight excluding hydrogens is 406 g/mol. The number of likely N-dealkylation sites (tertiary alicyclic amines) is 1. The van der Waals surface area contributed by atoms with E-state index in [9.17, 15) is 14.4 Å². The predicted molar refractivity (Wildman–Crippen MR) is 121 cm³/mol. The van der Waals surface area contributed by atoms with Gasteiger partial charge in [0.1, 0.15) is 6.04 Å². The van der Waals surface area contributed by atoms with E-state index in [1.54, 1.807) is 41.3 Å². The Morgan fingerprint density at radius 3 is 2.53 bits per heavy atom. The minimum Gasteiger partial charge on any atom is -0.368 e. The van der Waals surface area contributed by atoms with E-state index in [2.05, 4.69) is 10.4 Å². The summed E-state index contributed by atoms with van der Waals surface area (Å²) >= 11 is 0. The molecule has 0 radical (unpaired) electrons. The Kier molecular flexibility index (Phi) is 5.77. The Hall–Kier alpha value is -3.94. The van der Waals surface area contributed by atoms with E-state index in [1.807, 2.05) is 32.0 Å². The third kappa shape index (κ3) is 4.25. The summed E-state index contributed by atoms with van der Waals surface area (Å²) in [6, 6.07) is 12.1. The first-order valence-corrected chi connectivity index (χ1v) is 10.5. The van der Waals surface area contributed by atoms with Crippen LogP contribution in [-0.2, 0) is 4.79 Å². The van der Waals surface area contributed by atoms with Gasteiger partial charge in [0.05, 0.1) is 23.8 Å². The van der Waals surface area contributed by atoms with E-state index in [0.717, 1.165) is 23.2 Å². The molecule has 0 aliphatic carbocycles. The number of benzene rings is 2. The first-order chi connectivity index (χ1) is 15.3. The van der Waals surface area contributed by atoms with Gasteiger partial charge in [0, 0.05) is 17.7 Å². The molecule has 0 saturated carbocycles. The lowest BCUT2D eigenvalue weighted by atomic mass is 10.1. The Morgan fingerprint density at radius 1 is 1.09 bits per heavy atom. The summed E-state index contributed by atoms with van der Waals surface area (Å²) in [4.78, 5) is 38.5. The van der Waals surface area contributed by atoms with E-state index < -0.39 is 11.9 Å². The number of nitrogens with two attached hydrogens (primary N) is 1. The average molecular weight is 431 g/mol. The fraction of sp³-hybridized carbons (Fsp3) is 0.250. The van der Waals surface area contributed by atoms with Gasteiger partial charge >= 0.3 is 0 Å². The van der Waals surface area contributed by atoms with Crippen LogP contribution in [0.1, 0.15) is 44.7 Å². The van der Waals surface area contributed by atoms with Crippen molar-refractivity contribution in [2.45, 2.75) is 32.7 Å². The summed E-state index contributed by atoms with van der Waals surface area (Å²) in [6.07, 6.45) is 4.65. The molecule has 164 valence electrons. The normalized spacial score (nSPS) is 15.6. The molecule has 3 aromatic rings. The number of aromatic nitrogens is 2. The van der Waals surface area contributed by atoms with Gasteiger partial charge in [-0.1, -0.05) is 17.7 Å². The van der Waals surface area contributed by atoms with Crippen LogP contribution in [0.4, 0.5) is 5.69 Å². The molecule has 2 aromatic carbocycles. The number of aryl methyl sites for hydroxylation is 2. The summed E-state index contributed by atoms with van der Waals surface area (Å²) in [5.74, 6) is -0.878. The number of rotatable bonds is 5. The number of carbonyl (C=O) groups is 3. The van der Waals surface area contributed by atoms with Crippen molar-refractivity contribution in [2.24, 2.45) is 5.73 Å². The molecule has 32 heavy (non-hydrogen) atoms. The maximum atomic E-state index is 12.8. The van der Waals surface area contributed by atoms with Crippen molar-refractivity contribution in [1.82, 2.24) is 14.7 Å². The summed E-state index contributed by atoms with van der Waals surface area (Å²) in [7, 11) is 0. The van der Waals surface area contributed by atoms with Crippen LogP contribution in [0.5, 0.6) is 0 Å². The van der Waals surface area contributed by atoms with E-state index >= 15 is 0 Å². The SMILES string of the molecule is Cc1ccc(C(=O)Nc2cnn(-c3ccc(C(=O)N4CCC[C@H]4C(N)=O)cc3)c2)c(C)c1. The predicted octanol–water partition coefficient (Wildman–Crippen LogP) is 2.83. The molecule has 2 heterocycles. The van der Waals surface area contributed by atoms with Crippen molar-refractivity contribution >= 4 is 23.4 Å². The van der Waals surface area contributed by atoms with E-state index in [-0.39, 0.29) is 11.8 Å². The fourth-order valence-corrected chi connectivity index (χ4v) is 4.02. The number of hydrogen-bond acceptors (Lipinski definition) is 4. The number of nitrogens with zero attached hydrogens (tertiary/aromatic N) is 3. The molecule has 1 atom stereocenters. The topological polar surface area (TPSA) is 110 Å². The van der Waals surface area contributed by atoms with Crippen molar-refractivity contribution in [3.8, 4) is 5.69 Å². The lowest BCUT2D eigenvalue weighted by Gasteiger charge is -2.22. The van der Waals surface area contributed by atoms with Gasteiger partial charge in [-0.15, -0.1) is 0 Å². The van der Waals surface area contributed by atoms with Gasteiger partial charge in [0.2, 0.25) is 5.91 Å². The number of primary amides is 1. The summed E-state index contributed by atoms with van der Waals surface area (Å²) in [5, 5.41) is 7.17. The van der Waals surface area contributed by atoms with Gasteiger partial charge < -0.3 is 16.0 Å². The Morgan fingerprint density at radius 2 is 1.84 bits per heavy atom. The lowest BCUT2D eigenvalue weighted by molar-refractivity contribution is -0.121. The van der Waals surface area contributed by atoms with Gasteiger partial charge in [-0.2, -0.15) is 5.10 Å². The number of carbonyl (C=O) groups excluding carboxylic acids is 3. The molecule has 8 nitrogen and oxygen atoms in total. The zero-order valence-electron chi connectivity index (χ0n) is 18.0. The molecule has 3 amide bonds. The zero-order chi connectivity index (χ0) is 22.8. The quantitative estimate of drug-likeness (QED) is 0.647. The average Bonchev–Trinajstić information content (AvgIpc) is 3.43. The fourth-order valence-electron chi connectivity index (χ4n) is 4.02. The van der Waals surface area contributed by atoms with Gasteiger partial charge in [-0.25, -0.2) is 4.68 Å². The van der Waals surface area contributed by atoms with Crippen molar-refractivity contribution in [2.75, 3.05) is 11.9 Å². The summed E-state index contributed by atoms with van der Waals surface area (Å²) in [5.41, 5.74) is 9.83. The molecule has 1 saturated heterocycles. The van der Waals surface area contributed by atoms with Crippen LogP contribution < -0.4 is 11.1 Å². The molecule has 1 aromatic heterocycles. The van der Waals surface area contributed by atoms with Gasteiger partial charge in [0.15, 0.2) is 0 Å². The molecular formula is C24H25N5O3. The smallest absolute Gasteiger partial charge is 0.256 e. The molecule has 0 spiro atoms. The third-order valence-corrected chi connectivity index (χ3v) is 5.69. The minimum absolute atomic E-state index is 0.197. The highest BCUT2D eigenvalue weighted by atomic mass is 16.2. The minimum atomic E-state index is -0.545. The highest BCUT2D eigenvalue weighted by Gasteiger charge is 2.33. The Balaban J connectivity index is 1.46. The third-order valence-electron chi connectivity index (χ3n) is 5.69. The van der Waals surface area contributed by atoms with E-state index in [1.165, 1.54) is 4.90 Å². The zero-order valence-corrected chi connectivity index (χ0v) is 18.0. The monoisotopic (exact) mass is 431 g/mol. The number of amides is 3. The molecule has 1 fully saturated rings. The molecule has 1 aliphatic rings. The second kappa shape index (κ2) is 8.66. The first-order valence-electron chi connectivity index (χ1n) is 10.5. The molecule has 3 N–H and O–H groups in total. The highest BCUT2D eigenvalue weighted by Crippen LogP contribution is 2.21. The second-order valence-electron chi connectivity index (χ2n) is 8.05. The molecule has 0 unspecified atom stereocenters. The van der Waals surface area contributed by atoms with Crippen LogP contribution >= 0.6 is 0 Å². The summed E-state index contributed by atoms with van der Waals surface area (Å²) < 4.78 is 1.62. The van der Waals surface area contributed by atoms with Crippen molar-refractivity contribution in [3.63, 3.8) is 0 Å². The number of nitrogens with one attached hydrogen (secondary N) is 1.